The summed E-state index contributed by atoms with van der Waals surface area (Å²) in [6.45, 7) is -0.837. The maximum absolute atomic E-state index is 14.7. The van der Waals surface area contributed by atoms with Gasteiger partial charge >= 0.3 is 0 Å². The van der Waals surface area contributed by atoms with Gasteiger partial charge in [0.05, 0.1) is 22.2 Å². The Labute approximate surface area is 158 Å². The number of aromatic nitrogens is 4. The van der Waals surface area contributed by atoms with Gasteiger partial charge in [0.1, 0.15) is 18.0 Å². The third-order valence-corrected chi connectivity index (χ3v) is 4.61. The monoisotopic (exact) mass is 439 g/mol. The van der Waals surface area contributed by atoms with Gasteiger partial charge in [-0.25, -0.2) is 17.6 Å². The Balaban J connectivity index is 2.05. The lowest BCUT2D eigenvalue weighted by atomic mass is 10.2. The van der Waals surface area contributed by atoms with Crippen LogP contribution in [0, 0.1) is 11.6 Å². The van der Waals surface area contributed by atoms with Crippen LogP contribution in [-0.2, 0) is 0 Å². The third kappa shape index (κ3) is 3.09. The van der Waals surface area contributed by atoms with Crippen LogP contribution in [0.4, 0.5) is 29.1 Å². The van der Waals surface area contributed by atoms with E-state index in [-0.39, 0.29) is 27.1 Å². The predicted molar refractivity (Wildman–Crippen MR) is 95.4 cm³/mol. The molecule has 0 aliphatic heterocycles. The van der Waals surface area contributed by atoms with Crippen LogP contribution in [-0.4, -0.2) is 32.6 Å². The summed E-state index contributed by atoms with van der Waals surface area (Å²) in [6.07, 6.45) is -1.41. The van der Waals surface area contributed by atoms with E-state index in [4.69, 9.17) is 0 Å². The molecule has 0 amide bonds. The number of hydrogen-bond acceptors (Lipinski definition) is 4. The summed E-state index contributed by atoms with van der Waals surface area (Å²) >= 11 is 3.05. The van der Waals surface area contributed by atoms with Crippen molar-refractivity contribution in [3.8, 4) is 0 Å². The minimum absolute atomic E-state index is 0.0395. The molecule has 2 heterocycles. The van der Waals surface area contributed by atoms with E-state index in [9.17, 15) is 17.6 Å². The van der Waals surface area contributed by atoms with Gasteiger partial charge in [-0.05, 0) is 46.3 Å². The molecule has 0 radical (unpaired) electrons. The molecule has 0 saturated carbocycles. The van der Waals surface area contributed by atoms with E-state index in [0.29, 0.717) is 5.52 Å². The van der Waals surface area contributed by atoms with Crippen molar-refractivity contribution in [1.82, 2.24) is 19.6 Å². The van der Waals surface area contributed by atoms with Crippen LogP contribution in [0.1, 0.15) is 0 Å². The number of fused-ring (bicyclic) bond motifs is 3. The van der Waals surface area contributed by atoms with Crippen molar-refractivity contribution in [3.63, 3.8) is 0 Å². The quantitative estimate of drug-likeness (QED) is 0.431. The maximum Gasteiger partial charge on any atom is 0.257 e. The first-order chi connectivity index (χ1) is 13.0. The fraction of sp³-hybridized carbons (Fsp3) is 0.118. The molecule has 0 aliphatic carbocycles. The minimum atomic E-state index is -2.79. The van der Waals surface area contributed by atoms with Crippen LogP contribution in [0.25, 0.3) is 16.7 Å². The first-order valence-electron chi connectivity index (χ1n) is 7.74. The topological polar surface area (TPSA) is 46.3 Å². The van der Waals surface area contributed by atoms with E-state index < -0.39 is 24.6 Å². The van der Waals surface area contributed by atoms with Crippen LogP contribution in [0.5, 0.6) is 0 Å². The second-order valence-corrected chi connectivity index (χ2v) is 6.53. The molecule has 0 saturated heterocycles. The second-order valence-electron chi connectivity index (χ2n) is 5.67. The molecule has 0 atom stereocenters. The van der Waals surface area contributed by atoms with Gasteiger partial charge in [-0.15, -0.1) is 10.2 Å². The van der Waals surface area contributed by atoms with Gasteiger partial charge in [-0.1, -0.05) is 6.07 Å². The second kappa shape index (κ2) is 6.76. The van der Waals surface area contributed by atoms with E-state index in [1.165, 1.54) is 41.1 Å². The molecule has 0 spiro atoms. The van der Waals surface area contributed by atoms with Crippen LogP contribution in [0.15, 0.2) is 47.2 Å². The van der Waals surface area contributed by atoms with Gasteiger partial charge in [-0.3, -0.25) is 4.40 Å². The van der Waals surface area contributed by atoms with Gasteiger partial charge < -0.3 is 4.90 Å². The number of anilines is 2. The van der Waals surface area contributed by atoms with E-state index in [2.05, 4.69) is 31.1 Å². The van der Waals surface area contributed by atoms with Gasteiger partial charge in [0.15, 0.2) is 5.82 Å². The van der Waals surface area contributed by atoms with Crippen molar-refractivity contribution in [2.24, 2.45) is 0 Å². The van der Waals surface area contributed by atoms with Gasteiger partial charge in [0, 0.05) is 5.39 Å². The summed E-state index contributed by atoms with van der Waals surface area (Å²) in [5, 5.41) is 7.81. The maximum atomic E-state index is 14.7. The number of benzene rings is 2. The Hall–Kier alpha value is -2.75. The van der Waals surface area contributed by atoms with Gasteiger partial charge in [0.25, 0.3) is 12.2 Å². The lowest BCUT2D eigenvalue weighted by Crippen LogP contribution is -2.26. The molecular weight excluding hydrogens is 430 g/mol. The third-order valence-electron chi connectivity index (χ3n) is 3.99. The summed E-state index contributed by atoms with van der Waals surface area (Å²) in [7, 11) is 0. The van der Waals surface area contributed by atoms with Crippen molar-refractivity contribution in [3.05, 3.63) is 58.8 Å². The lowest BCUT2D eigenvalue weighted by Gasteiger charge is -2.25. The molecule has 0 fully saturated rings. The molecule has 4 rings (SSSR count). The Kier molecular flexibility index (Phi) is 4.42. The Bertz CT molecular complexity index is 1150. The molecule has 138 valence electrons. The average Bonchev–Trinajstić information content (AvgIpc) is 3.10. The summed E-state index contributed by atoms with van der Waals surface area (Å²) in [5.41, 5.74) is 0.336. The van der Waals surface area contributed by atoms with Gasteiger partial charge in [0.2, 0.25) is 0 Å². The molecule has 0 N–H and O–H groups in total. The molecule has 0 unspecified atom stereocenters. The SMILES string of the molecule is Fc1ccc2c(c1)c(N(CC(F)F)c1cccc(Br)c1F)nc1nncn12. The van der Waals surface area contributed by atoms with Crippen LogP contribution < -0.4 is 4.90 Å². The van der Waals surface area contributed by atoms with Crippen molar-refractivity contribution in [2.75, 3.05) is 11.4 Å². The van der Waals surface area contributed by atoms with Gasteiger partial charge in [-0.2, -0.15) is 4.98 Å². The molecule has 2 aromatic carbocycles. The molecule has 0 bridgehead atoms. The lowest BCUT2D eigenvalue weighted by molar-refractivity contribution is 0.157. The van der Waals surface area contributed by atoms with Crippen LogP contribution in [0.2, 0.25) is 0 Å². The van der Waals surface area contributed by atoms with Crippen molar-refractivity contribution >= 4 is 44.1 Å². The largest absolute Gasteiger partial charge is 0.317 e. The molecule has 27 heavy (non-hydrogen) atoms. The molecule has 10 heteroatoms. The van der Waals surface area contributed by atoms with Crippen molar-refractivity contribution in [2.45, 2.75) is 6.43 Å². The first-order valence-corrected chi connectivity index (χ1v) is 8.53. The fourth-order valence-electron chi connectivity index (χ4n) is 2.87. The van der Waals surface area contributed by atoms with Crippen molar-refractivity contribution < 1.29 is 17.6 Å². The summed E-state index contributed by atoms with van der Waals surface area (Å²) in [4.78, 5) is 5.25. The molecule has 0 aliphatic rings. The Morgan fingerprint density at radius 1 is 1.15 bits per heavy atom. The fourth-order valence-corrected chi connectivity index (χ4v) is 3.23. The van der Waals surface area contributed by atoms with E-state index in [0.717, 1.165) is 11.0 Å². The summed E-state index contributed by atoms with van der Waals surface area (Å²) in [6, 6.07) is 8.16. The highest BCUT2D eigenvalue weighted by molar-refractivity contribution is 9.10. The average molecular weight is 440 g/mol. The summed E-state index contributed by atoms with van der Waals surface area (Å²) < 4.78 is 56.8. The number of alkyl halides is 2. The minimum Gasteiger partial charge on any atom is -0.317 e. The smallest absolute Gasteiger partial charge is 0.257 e. The van der Waals surface area contributed by atoms with E-state index in [1.54, 1.807) is 0 Å². The molecule has 5 nitrogen and oxygen atoms in total. The Morgan fingerprint density at radius 3 is 2.74 bits per heavy atom. The number of nitrogens with zero attached hydrogens (tertiary/aromatic N) is 5. The molecule has 4 aromatic rings. The van der Waals surface area contributed by atoms with Crippen LogP contribution in [0.3, 0.4) is 0 Å². The molecular formula is C17H10BrF4N5. The number of hydrogen-bond donors (Lipinski definition) is 0. The highest BCUT2D eigenvalue weighted by Crippen LogP contribution is 2.35. The highest BCUT2D eigenvalue weighted by Gasteiger charge is 2.24. The standard InChI is InChI=1S/C17H10BrF4N5/c18-11-2-1-3-13(15(11)22)26(7-14(20)21)16-10-6-9(19)4-5-12(10)27-8-23-25-17(27)24-16/h1-6,8,14H,7H2. The zero-order chi connectivity index (χ0) is 19.1. The van der Waals surface area contributed by atoms with Crippen molar-refractivity contribution in [1.29, 1.82) is 0 Å². The normalized spacial score (nSPS) is 11.6. The Morgan fingerprint density at radius 2 is 1.96 bits per heavy atom. The summed E-state index contributed by atoms with van der Waals surface area (Å²) in [5.74, 6) is -1.23. The highest BCUT2D eigenvalue weighted by atomic mass is 79.9. The van der Waals surface area contributed by atoms with Crippen LogP contribution >= 0.6 is 15.9 Å². The predicted octanol–water partition coefficient (Wildman–Crippen LogP) is 4.72. The number of rotatable bonds is 4. The van der Waals surface area contributed by atoms with E-state index >= 15 is 0 Å². The molecule has 2 aromatic heterocycles. The number of halogens is 5. The zero-order valence-corrected chi connectivity index (χ0v) is 15.0. The first kappa shape index (κ1) is 17.7. The van der Waals surface area contributed by atoms with E-state index in [1.807, 2.05) is 0 Å². The zero-order valence-electron chi connectivity index (χ0n) is 13.5.